The molecule has 2 atom stereocenters. The Kier molecular flexibility index (Phi) is 6.49. The van der Waals surface area contributed by atoms with Gasteiger partial charge in [-0.15, -0.1) is 0 Å². The molecular weight excluding hydrogens is 406 g/mol. The fourth-order valence-electron chi connectivity index (χ4n) is 4.68. The lowest BCUT2D eigenvalue weighted by Gasteiger charge is -2.34. The average molecular weight is 436 g/mol. The van der Waals surface area contributed by atoms with Crippen molar-refractivity contribution in [1.29, 1.82) is 0 Å². The number of hydrogen-bond donors (Lipinski definition) is 1. The standard InChI is InChI=1S/C26H29NO5/c1-4-31-19-8-6-7-17(11-19)20-15-25(29)27-21-12-18(13-22(28)26(20)21)16-9-10-23(32-5-2)24(14-16)30-3/h6-11,14,18,20H,4-5,12-13,15H2,1-3H3,(H,27,29). The monoisotopic (exact) mass is 435 g/mol. The quantitative estimate of drug-likeness (QED) is 0.693. The largest absolute Gasteiger partial charge is 0.494 e. The minimum absolute atomic E-state index is 0.0281. The summed E-state index contributed by atoms with van der Waals surface area (Å²) in [5.74, 6) is 1.82. The second-order valence-corrected chi connectivity index (χ2v) is 8.07. The molecule has 0 saturated carbocycles. The molecule has 168 valence electrons. The maximum atomic E-state index is 13.3. The number of amides is 1. The first kappa shape index (κ1) is 21.9. The van der Waals surface area contributed by atoms with E-state index in [1.807, 2.05) is 56.3 Å². The van der Waals surface area contributed by atoms with Gasteiger partial charge < -0.3 is 19.5 Å². The third-order valence-corrected chi connectivity index (χ3v) is 6.07. The molecule has 6 heteroatoms. The normalized spacial score (nSPS) is 20.5. The highest BCUT2D eigenvalue weighted by molar-refractivity contribution is 6.02. The molecule has 1 N–H and O–H groups in total. The van der Waals surface area contributed by atoms with Gasteiger partial charge in [0.2, 0.25) is 5.91 Å². The van der Waals surface area contributed by atoms with E-state index in [1.54, 1.807) is 7.11 Å². The molecule has 2 aromatic carbocycles. The van der Waals surface area contributed by atoms with Gasteiger partial charge in [-0.2, -0.15) is 0 Å². The van der Waals surface area contributed by atoms with E-state index in [-0.39, 0.29) is 29.9 Å². The van der Waals surface area contributed by atoms with Crippen LogP contribution in [0, 0.1) is 0 Å². The highest BCUT2D eigenvalue weighted by Crippen LogP contribution is 2.44. The summed E-state index contributed by atoms with van der Waals surface area (Å²) >= 11 is 0. The predicted molar refractivity (Wildman–Crippen MR) is 121 cm³/mol. The summed E-state index contributed by atoms with van der Waals surface area (Å²) in [4.78, 5) is 25.9. The van der Waals surface area contributed by atoms with Crippen LogP contribution in [-0.4, -0.2) is 32.0 Å². The van der Waals surface area contributed by atoms with Crippen molar-refractivity contribution in [3.8, 4) is 17.2 Å². The van der Waals surface area contributed by atoms with Crippen molar-refractivity contribution in [3.05, 3.63) is 64.9 Å². The molecule has 2 aromatic rings. The third-order valence-electron chi connectivity index (χ3n) is 6.07. The van der Waals surface area contributed by atoms with Gasteiger partial charge in [0, 0.05) is 30.0 Å². The van der Waals surface area contributed by atoms with Gasteiger partial charge in [-0.05, 0) is 61.6 Å². The molecular formula is C26H29NO5. The van der Waals surface area contributed by atoms with Gasteiger partial charge in [-0.1, -0.05) is 18.2 Å². The second kappa shape index (κ2) is 9.47. The average Bonchev–Trinajstić information content (AvgIpc) is 2.79. The zero-order chi connectivity index (χ0) is 22.7. The van der Waals surface area contributed by atoms with Gasteiger partial charge in [0.15, 0.2) is 17.3 Å². The van der Waals surface area contributed by atoms with Gasteiger partial charge >= 0.3 is 0 Å². The number of ketones is 1. The fourth-order valence-corrected chi connectivity index (χ4v) is 4.68. The summed E-state index contributed by atoms with van der Waals surface area (Å²) in [6.45, 7) is 4.97. The van der Waals surface area contributed by atoms with Crippen molar-refractivity contribution in [2.75, 3.05) is 20.3 Å². The van der Waals surface area contributed by atoms with Crippen LogP contribution in [0.5, 0.6) is 17.2 Å². The summed E-state index contributed by atoms with van der Waals surface area (Å²) in [5.41, 5.74) is 3.40. The highest BCUT2D eigenvalue weighted by Gasteiger charge is 2.38. The lowest BCUT2D eigenvalue weighted by Crippen LogP contribution is -2.38. The van der Waals surface area contributed by atoms with E-state index in [9.17, 15) is 9.59 Å². The van der Waals surface area contributed by atoms with Crippen LogP contribution >= 0.6 is 0 Å². The zero-order valence-electron chi connectivity index (χ0n) is 18.8. The topological polar surface area (TPSA) is 73.9 Å². The SMILES string of the molecule is CCOc1cccc(C2CC(=O)NC3=C2C(=O)CC(c2ccc(OCC)c(OC)c2)C3)c1. The Morgan fingerprint density at radius 1 is 0.906 bits per heavy atom. The van der Waals surface area contributed by atoms with E-state index < -0.39 is 0 Å². The first-order valence-electron chi connectivity index (χ1n) is 11.1. The second-order valence-electron chi connectivity index (χ2n) is 8.07. The molecule has 2 aliphatic rings. The Labute approximate surface area is 188 Å². The lowest BCUT2D eigenvalue weighted by molar-refractivity contribution is -0.122. The van der Waals surface area contributed by atoms with Crippen molar-refractivity contribution in [2.24, 2.45) is 0 Å². The molecule has 1 heterocycles. The molecule has 6 nitrogen and oxygen atoms in total. The lowest BCUT2D eigenvalue weighted by atomic mass is 9.73. The highest BCUT2D eigenvalue weighted by atomic mass is 16.5. The number of ether oxygens (including phenoxy) is 3. The molecule has 0 saturated heterocycles. The van der Waals surface area contributed by atoms with Crippen LogP contribution in [0.15, 0.2) is 53.7 Å². The van der Waals surface area contributed by atoms with Gasteiger partial charge in [0.05, 0.1) is 20.3 Å². The van der Waals surface area contributed by atoms with E-state index in [0.29, 0.717) is 37.6 Å². The Hall–Kier alpha value is -3.28. The predicted octanol–water partition coefficient (Wildman–Crippen LogP) is 4.50. The Balaban J connectivity index is 1.66. The number of carbonyl (C=O) groups excluding carboxylic acids is 2. The summed E-state index contributed by atoms with van der Waals surface area (Å²) < 4.78 is 16.7. The van der Waals surface area contributed by atoms with Crippen LogP contribution in [-0.2, 0) is 9.59 Å². The number of Topliss-reactive ketones (excluding diaryl/α,β-unsaturated/α-hetero) is 1. The summed E-state index contributed by atoms with van der Waals surface area (Å²) in [6.07, 6.45) is 1.26. The van der Waals surface area contributed by atoms with Gasteiger partial charge in [0.25, 0.3) is 0 Å². The minimum atomic E-state index is -0.248. The van der Waals surface area contributed by atoms with E-state index in [0.717, 1.165) is 28.1 Å². The van der Waals surface area contributed by atoms with Crippen LogP contribution < -0.4 is 19.5 Å². The molecule has 1 amide bonds. The minimum Gasteiger partial charge on any atom is -0.494 e. The molecule has 4 rings (SSSR count). The Bertz CT molecular complexity index is 1060. The molecule has 1 aliphatic heterocycles. The number of hydrogen-bond acceptors (Lipinski definition) is 5. The van der Waals surface area contributed by atoms with Crippen molar-refractivity contribution in [2.45, 2.75) is 44.9 Å². The number of carbonyl (C=O) groups is 2. The van der Waals surface area contributed by atoms with E-state index in [1.165, 1.54) is 0 Å². The molecule has 1 aliphatic carbocycles. The van der Waals surface area contributed by atoms with Crippen LogP contribution in [0.3, 0.4) is 0 Å². The van der Waals surface area contributed by atoms with Crippen LogP contribution in [0.1, 0.15) is 56.1 Å². The third kappa shape index (κ3) is 4.35. The molecule has 0 bridgehead atoms. The van der Waals surface area contributed by atoms with Crippen molar-refractivity contribution in [1.82, 2.24) is 5.32 Å². The molecule has 2 unspecified atom stereocenters. The number of benzene rings is 2. The number of nitrogens with one attached hydrogen (secondary N) is 1. The molecule has 0 aromatic heterocycles. The summed E-state index contributed by atoms with van der Waals surface area (Å²) in [7, 11) is 1.61. The molecule has 0 spiro atoms. The zero-order valence-corrected chi connectivity index (χ0v) is 18.8. The van der Waals surface area contributed by atoms with Crippen molar-refractivity contribution >= 4 is 11.7 Å². The van der Waals surface area contributed by atoms with Gasteiger partial charge in [-0.3, -0.25) is 9.59 Å². The first-order valence-corrected chi connectivity index (χ1v) is 11.1. The molecule has 0 radical (unpaired) electrons. The van der Waals surface area contributed by atoms with Crippen LogP contribution in [0.2, 0.25) is 0 Å². The van der Waals surface area contributed by atoms with E-state index in [2.05, 4.69) is 5.32 Å². The summed E-state index contributed by atoms with van der Waals surface area (Å²) in [6, 6.07) is 13.5. The Morgan fingerprint density at radius 2 is 1.72 bits per heavy atom. The number of methoxy groups -OCH3 is 1. The van der Waals surface area contributed by atoms with Crippen LogP contribution in [0.25, 0.3) is 0 Å². The van der Waals surface area contributed by atoms with E-state index >= 15 is 0 Å². The Morgan fingerprint density at radius 3 is 2.47 bits per heavy atom. The smallest absolute Gasteiger partial charge is 0.225 e. The van der Waals surface area contributed by atoms with E-state index in [4.69, 9.17) is 14.2 Å². The molecule has 32 heavy (non-hydrogen) atoms. The van der Waals surface area contributed by atoms with Crippen molar-refractivity contribution < 1.29 is 23.8 Å². The number of allylic oxidation sites excluding steroid dienone is 2. The maximum absolute atomic E-state index is 13.3. The van der Waals surface area contributed by atoms with Gasteiger partial charge in [-0.25, -0.2) is 0 Å². The first-order chi connectivity index (χ1) is 15.5. The maximum Gasteiger partial charge on any atom is 0.225 e. The summed E-state index contributed by atoms with van der Waals surface area (Å²) in [5, 5.41) is 2.98. The van der Waals surface area contributed by atoms with Crippen LogP contribution in [0.4, 0.5) is 0 Å². The fraction of sp³-hybridized carbons (Fsp3) is 0.385. The number of rotatable bonds is 7. The molecule has 0 fully saturated rings. The van der Waals surface area contributed by atoms with Crippen molar-refractivity contribution in [3.63, 3.8) is 0 Å². The van der Waals surface area contributed by atoms with Gasteiger partial charge in [0.1, 0.15) is 5.75 Å².